The average Bonchev–Trinajstić information content (AvgIpc) is 3.09. The minimum absolute atomic E-state index is 0.0613. The van der Waals surface area contributed by atoms with Crippen molar-refractivity contribution >= 4 is 17.2 Å². The number of hydrogen-bond donors (Lipinski definition) is 2. The van der Waals surface area contributed by atoms with Gasteiger partial charge in [-0.3, -0.25) is 4.79 Å². The third-order valence-electron chi connectivity index (χ3n) is 5.30. The highest BCUT2D eigenvalue weighted by Gasteiger charge is 2.31. The summed E-state index contributed by atoms with van der Waals surface area (Å²) in [5.41, 5.74) is 0.765. The van der Waals surface area contributed by atoms with Crippen molar-refractivity contribution in [1.29, 1.82) is 0 Å². The lowest BCUT2D eigenvalue weighted by molar-refractivity contribution is -0.137. The molecule has 2 N–H and O–H groups in total. The minimum Gasteiger partial charge on any atom is -0.352 e. The van der Waals surface area contributed by atoms with Crippen LogP contribution in [0.15, 0.2) is 23.6 Å². The molecule has 4 nitrogen and oxygen atoms in total. The Morgan fingerprint density at radius 2 is 1.90 bits per heavy atom. The molecule has 0 aliphatic heterocycles. The number of halogens is 3. The summed E-state index contributed by atoms with van der Waals surface area (Å²) in [6.07, 6.45) is -0.451. The Kier molecular flexibility index (Phi) is 6.95. The molecule has 0 saturated heterocycles. The highest BCUT2D eigenvalue weighted by molar-refractivity contribution is 7.09. The largest absolute Gasteiger partial charge is 0.416 e. The molecule has 0 bridgehead atoms. The number of carbonyl (C=O) groups excluding carboxylic acids is 1. The monoisotopic (exact) mass is 425 g/mol. The number of rotatable bonds is 6. The smallest absolute Gasteiger partial charge is 0.352 e. The molecule has 1 aliphatic carbocycles. The number of amides is 1. The second kappa shape index (κ2) is 9.26. The predicted molar refractivity (Wildman–Crippen MR) is 108 cm³/mol. The number of aryl methyl sites for hydroxylation is 2. The molecular formula is C21H26F3N3OS. The van der Waals surface area contributed by atoms with Gasteiger partial charge in [0.1, 0.15) is 0 Å². The van der Waals surface area contributed by atoms with Crippen LogP contribution >= 0.6 is 11.3 Å². The molecule has 158 valence electrons. The van der Waals surface area contributed by atoms with Gasteiger partial charge in [0.05, 0.1) is 16.3 Å². The Morgan fingerprint density at radius 3 is 2.52 bits per heavy atom. The fourth-order valence-corrected chi connectivity index (χ4v) is 4.34. The van der Waals surface area contributed by atoms with E-state index in [1.54, 1.807) is 18.3 Å². The fraction of sp³-hybridized carbons (Fsp3) is 0.524. The zero-order chi connectivity index (χ0) is 21.0. The Labute approximate surface area is 172 Å². The van der Waals surface area contributed by atoms with Crippen LogP contribution in [0.4, 0.5) is 13.2 Å². The molecule has 29 heavy (non-hydrogen) atoms. The van der Waals surface area contributed by atoms with Crippen molar-refractivity contribution in [3.63, 3.8) is 0 Å². The van der Waals surface area contributed by atoms with Gasteiger partial charge in [0.25, 0.3) is 5.91 Å². The van der Waals surface area contributed by atoms with Crippen LogP contribution in [0, 0.1) is 19.8 Å². The minimum atomic E-state index is -4.45. The molecule has 2 aromatic rings. The van der Waals surface area contributed by atoms with Crippen molar-refractivity contribution in [3.8, 4) is 0 Å². The Bertz CT molecular complexity index is 842. The number of hydrogen-bond acceptors (Lipinski definition) is 4. The molecule has 1 amide bonds. The van der Waals surface area contributed by atoms with Crippen LogP contribution in [-0.4, -0.2) is 23.5 Å². The molecule has 3 rings (SSSR count). The molecule has 0 spiro atoms. The van der Waals surface area contributed by atoms with E-state index >= 15 is 0 Å². The summed E-state index contributed by atoms with van der Waals surface area (Å²) < 4.78 is 38.9. The number of benzene rings is 1. The first-order valence-electron chi connectivity index (χ1n) is 9.82. The molecule has 1 aromatic carbocycles. The van der Waals surface area contributed by atoms with E-state index in [1.165, 1.54) is 6.07 Å². The SMILES string of the molecule is Cc1cc(C(=O)NC[C@H]2CC[C@@H](NCc3csc(C)n3)CC2)cc(C(F)(F)F)c1. The van der Waals surface area contributed by atoms with Crippen LogP contribution < -0.4 is 10.6 Å². The van der Waals surface area contributed by atoms with E-state index in [0.29, 0.717) is 24.1 Å². The number of aromatic nitrogens is 1. The van der Waals surface area contributed by atoms with Crippen molar-refractivity contribution in [3.05, 3.63) is 51.0 Å². The van der Waals surface area contributed by atoms with Gasteiger partial charge < -0.3 is 10.6 Å². The van der Waals surface area contributed by atoms with Crippen molar-refractivity contribution < 1.29 is 18.0 Å². The third kappa shape index (κ3) is 6.27. The molecular weight excluding hydrogens is 399 g/mol. The molecule has 1 fully saturated rings. The summed E-state index contributed by atoms with van der Waals surface area (Å²) in [7, 11) is 0. The van der Waals surface area contributed by atoms with Crippen molar-refractivity contribution in [2.24, 2.45) is 5.92 Å². The van der Waals surface area contributed by atoms with Crippen LogP contribution in [-0.2, 0) is 12.7 Å². The third-order valence-corrected chi connectivity index (χ3v) is 6.13. The van der Waals surface area contributed by atoms with E-state index in [-0.39, 0.29) is 5.56 Å². The number of carbonyl (C=O) groups is 1. The van der Waals surface area contributed by atoms with Gasteiger partial charge in [0, 0.05) is 30.1 Å². The standard InChI is InChI=1S/C21H26F3N3OS/c1-13-7-16(9-17(8-13)21(22,23)24)20(28)26-10-15-3-5-18(6-4-15)25-11-19-12-29-14(2)27-19/h7-9,12,15,18,25H,3-6,10-11H2,1-2H3,(H,26,28)/t15-,18+. The van der Waals surface area contributed by atoms with Crippen LogP contribution in [0.2, 0.25) is 0 Å². The van der Waals surface area contributed by atoms with E-state index in [9.17, 15) is 18.0 Å². The first-order chi connectivity index (χ1) is 13.7. The fourth-order valence-electron chi connectivity index (χ4n) is 3.73. The van der Waals surface area contributed by atoms with Gasteiger partial charge in [-0.25, -0.2) is 4.98 Å². The predicted octanol–water partition coefficient (Wildman–Crippen LogP) is 4.86. The Morgan fingerprint density at radius 1 is 1.17 bits per heavy atom. The zero-order valence-electron chi connectivity index (χ0n) is 16.6. The van der Waals surface area contributed by atoms with Gasteiger partial charge in [-0.1, -0.05) is 0 Å². The lowest BCUT2D eigenvalue weighted by atomic mass is 9.86. The topological polar surface area (TPSA) is 54.0 Å². The van der Waals surface area contributed by atoms with Gasteiger partial charge in [-0.05, 0) is 69.2 Å². The molecule has 8 heteroatoms. The van der Waals surface area contributed by atoms with Gasteiger partial charge in [0.2, 0.25) is 0 Å². The van der Waals surface area contributed by atoms with Gasteiger partial charge in [-0.15, -0.1) is 11.3 Å². The number of nitrogens with one attached hydrogen (secondary N) is 2. The van der Waals surface area contributed by atoms with Crippen LogP contribution in [0.1, 0.15) is 57.9 Å². The van der Waals surface area contributed by atoms with Crippen LogP contribution in [0.25, 0.3) is 0 Å². The lowest BCUT2D eigenvalue weighted by Gasteiger charge is -2.29. The van der Waals surface area contributed by atoms with E-state index in [0.717, 1.165) is 55.1 Å². The van der Waals surface area contributed by atoms with E-state index in [1.807, 2.05) is 6.92 Å². The molecule has 1 aliphatic rings. The normalized spacial score (nSPS) is 19.9. The van der Waals surface area contributed by atoms with Crippen LogP contribution in [0.3, 0.4) is 0 Å². The van der Waals surface area contributed by atoms with Gasteiger partial charge in [0.15, 0.2) is 0 Å². The molecule has 1 saturated carbocycles. The molecule has 0 atom stereocenters. The maximum absolute atomic E-state index is 13.0. The summed E-state index contributed by atoms with van der Waals surface area (Å²) >= 11 is 1.65. The lowest BCUT2D eigenvalue weighted by Crippen LogP contribution is -2.36. The first kappa shape index (κ1) is 21.8. The van der Waals surface area contributed by atoms with Crippen molar-refractivity contribution in [2.45, 2.75) is 58.3 Å². The highest BCUT2D eigenvalue weighted by atomic mass is 32.1. The quantitative estimate of drug-likeness (QED) is 0.695. The van der Waals surface area contributed by atoms with Crippen molar-refractivity contribution in [2.75, 3.05) is 6.54 Å². The maximum Gasteiger partial charge on any atom is 0.416 e. The summed E-state index contributed by atoms with van der Waals surface area (Å²) in [6, 6.07) is 3.91. The van der Waals surface area contributed by atoms with Gasteiger partial charge in [-0.2, -0.15) is 13.2 Å². The zero-order valence-corrected chi connectivity index (χ0v) is 17.4. The maximum atomic E-state index is 13.0. The molecule has 0 unspecified atom stereocenters. The second-order valence-electron chi connectivity index (χ2n) is 7.75. The second-order valence-corrected chi connectivity index (χ2v) is 8.81. The van der Waals surface area contributed by atoms with E-state index in [4.69, 9.17) is 0 Å². The first-order valence-corrected chi connectivity index (χ1v) is 10.7. The van der Waals surface area contributed by atoms with Crippen LogP contribution in [0.5, 0.6) is 0 Å². The highest BCUT2D eigenvalue weighted by Crippen LogP contribution is 2.30. The Hall–Kier alpha value is -1.93. The van der Waals surface area contributed by atoms with E-state index < -0.39 is 17.6 Å². The summed E-state index contributed by atoms with van der Waals surface area (Å²) in [5, 5.41) is 9.49. The molecule has 1 heterocycles. The average molecular weight is 426 g/mol. The number of nitrogens with zero attached hydrogens (tertiary/aromatic N) is 1. The number of thiazole rings is 1. The molecule has 0 radical (unpaired) electrons. The summed E-state index contributed by atoms with van der Waals surface area (Å²) in [6.45, 7) is 4.82. The Balaban J connectivity index is 1.44. The number of alkyl halides is 3. The van der Waals surface area contributed by atoms with Gasteiger partial charge >= 0.3 is 6.18 Å². The van der Waals surface area contributed by atoms with Crippen molar-refractivity contribution in [1.82, 2.24) is 15.6 Å². The summed E-state index contributed by atoms with van der Waals surface area (Å²) in [5.74, 6) is -0.0937. The summed E-state index contributed by atoms with van der Waals surface area (Å²) in [4.78, 5) is 16.8. The van der Waals surface area contributed by atoms with E-state index in [2.05, 4.69) is 21.0 Å². The molecule has 1 aromatic heterocycles.